The molecule has 0 saturated heterocycles. The summed E-state index contributed by atoms with van der Waals surface area (Å²) in [6.07, 6.45) is 2.12. The van der Waals surface area contributed by atoms with Gasteiger partial charge >= 0.3 is 0 Å². The number of hydrogen-bond acceptors (Lipinski definition) is 2. The lowest BCUT2D eigenvalue weighted by Crippen LogP contribution is -2.57. The molecule has 0 radical (unpaired) electrons. The molecule has 0 aromatic carbocycles. The quantitative estimate of drug-likeness (QED) is 0.760. The highest BCUT2D eigenvalue weighted by Crippen LogP contribution is 2.24. The maximum Gasteiger partial charge on any atom is 0.195 e. The van der Waals surface area contributed by atoms with Crippen molar-refractivity contribution in [2.45, 2.75) is 58.9 Å². The SMILES string of the molecule is C[Si](C)(C)c1cnc2c([Si](C)(C)C)c(Cl)oc2c1[Si](C)(C)C. The number of nitrogens with zero attached hydrogens (tertiary/aromatic N) is 1. The highest BCUT2D eigenvalue weighted by atomic mass is 35.5. The van der Waals surface area contributed by atoms with Crippen molar-refractivity contribution in [3.8, 4) is 0 Å². The zero-order valence-corrected chi connectivity index (χ0v) is 19.1. The molecule has 0 aliphatic heterocycles. The average molecular weight is 370 g/mol. The van der Waals surface area contributed by atoms with E-state index in [1.165, 1.54) is 15.6 Å². The lowest BCUT2D eigenvalue weighted by atomic mass is 10.4. The minimum Gasteiger partial charge on any atom is -0.443 e. The Hall–Kier alpha value is -0.369. The largest absolute Gasteiger partial charge is 0.443 e. The number of furan rings is 1. The van der Waals surface area contributed by atoms with E-state index in [9.17, 15) is 0 Å². The van der Waals surface area contributed by atoms with Crippen molar-refractivity contribution in [2.24, 2.45) is 0 Å². The molecule has 0 amide bonds. The van der Waals surface area contributed by atoms with Crippen molar-refractivity contribution in [3.05, 3.63) is 11.4 Å². The smallest absolute Gasteiger partial charge is 0.195 e. The van der Waals surface area contributed by atoms with E-state index in [2.05, 4.69) is 65.1 Å². The summed E-state index contributed by atoms with van der Waals surface area (Å²) in [6, 6.07) is 0. The van der Waals surface area contributed by atoms with Crippen LogP contribution in [0.3, 0.4) is 0 Å². The second kappa shape index (κ2) is 5.33. The standard InChI is InChI=1S/C16H28ClNOSi3/c1-20(2,3)11-10-18-12-13(14(11)21(4,5)6)19-16(17)15(12)22(7,8)9/h10H,1-9H3. The van der Waals surface area contributed by atoms with Gasteiger partial charge in [0.05, 0.1) is 24.2 Å². The molecule has 2 rings (SSSR count). The van der Waals surface area contributed by atoms with Crippen molar-refractivity contribution in [2.75, 3.05) is 0 Å². The summed E-state index contributed by atoms with van der Waals surface area (Å²) in [5.41, 5.74) is 1.99. The van der Waals surface area contributed by atoms with Crippen LogP contribution >= 0.6 is 11.6 Å². The van der Waals surface area contributed by atoms with E-state index in [1.54, 1.807) is 0 Å². The molecule has 0 spiro atoms. The van der Waals surface area contributed by atoms with Gasteiger partial charge in [0.25, 0.3) is 0 Å². The zero-order chi connectivity index (χ0) is 17.1. The predicted molar refractivity (Wildman–Crippen MR) is 108 cm³/mol. The molecule has 2 nitrogen and oxygen atoms in total. The summed E-state index contributed by atoms with van der Waals surface area (Å²) in [5, 5.41) is 4.61. The Kier molecular flexibility index (Phi) is 4.35. The van der Waals surface area contributed by atoms with Crippen molar-refractivity contribution in [1.29, 1.82) is 0 Å². The maximum absolute atomic E-state index is 6.50. The molecule has 2 aromatic heterocycles. The fourth-order valence-electron chi connectivity index (χ4n) is 2.97. The molecule has 2 aromatic rings. The highest BCUT2D eigenvalue weighted by molar-refractivity contribution is 7.00. The molecule has 0 N–H and O–H groups in total. The number of halogens is 1. The van der Waals surface area contributed by atoms with Crippen LogP contribution in [0, 0.1) is 0 Å². The van der Waals surface area contributed by atoms with E-state index >= 15 is 0 Å². The Morgan fingerprint density at radius 2 is 1.32 bits per heavy atom. The first-order valence-corrected chi connectivity index (χ1v) is 18.7. The van der Waals surface area contributed by atoms with Gasteiger partial charge in [0.1, 0.15) is 5.52 Å². The van der Waals surface area contributed by atoms with Crippen LogP contribution < -0.4 is 15.6 Å². The number of hydrogen-bond donors (Lipinski definition) is 0. The summed E-state index contributed by atoms with van der Waals surface area (Å²) in [4.78, 5) is 4.82. The third kappa shape index (κ3) is 3.13. The molecule has 6 heteroatoms. The molecular formula is C16H28ClNOSi3. The van der Waals surface area contributed by atoms with Crippen molar-refractivity contribution >= 4 is 62.5 Å². The Bertz CT molecular complexity index is 718. The van der Waals surface area contributed by atoms with E-state index < -0.39 is 24.2 Å². The van der Waals surface area contributed by atoms with Crippen LogP contribution in [0.4, 0.5) is 0 Å². The molecular weight excluding hydrogens is 342 g/mol. The molecule has 0 fully saturated rings. The Morgan fingerprint density at radius 1 is 0.818 bits per heavy atom. The first kappa shape index (κ1) is 18.0. The summed E-state index contributed by atoms with van der Waals surface area (Å²) in [6.45, 7) is 21.2. The van der Waals surface area contributed by atoms with E-state index in [4.69, 9.17) is 21.0 Å². The minimum atomic E-state index is -1.60. The van der Waals surface area contributed by atoms with Crippen molar-refractivity contribution in [3.63, 3.8) is 0 Å². The number of fused-ring (bicyclic) bond motifs is 1. The average Bonchev–Trinajstić information content (AvgIpc) is 2.59. The number of aromatic nitrogens is 1. The molecule has 2 heterocycles. The maximum atomic E-state index is 6.50. The van der Waals surface area contributed by atoms with Gasteiger partial charge in [-0.25, -0.2) is 0 Å². The van der Waals surface area contributed by atoms with Crippen molar-refractivity contribution < 1.29 is 4.42 Å². The zero-order valence-electron chi connectivity index (χ0n) is 15.3. The van der Waals surface area contributed by atoms with E-state index in [-0.39, 0.29) is 0 Å². The van der Waals surface area contributed by atoms with E-state index in [0.717, 1.165) is 11.1 Å². The van der Waals surface area contributed by atoms with Crippen LogP contribution in [0.15, 0.2) is 10.6 Å². The predicted octanol–water partition coefficient (Wildman–Crippen LogP) is 4.12. The van der Waals surface area contributed by atoms with Crippen LogP contribution in [0.25, 0.3) is 11.1 Å². The second-order valence-corrected chi connectivity index (χ2v) is 24.6. The highest BCUT2D eigenvalue weighted by Gasteiger charge is 2.35. The topological polar surface area (TPSA) is 26.0 Å². The molecule has 122 valence electrons. The summed E-state index contributed by atoms with van der Waals surface area (Å²) in [7, 11) is -4.64. The summed E-state index contributed by atoms with van der Waals surface area (Å²) < 4.78 is 6.11. The fourth-order valence-corrected chi connectivity index (χ4v) is 10.8. The molecule has 0 aliphatic carbocycles. The van der Waals surface area contributed by atoms with E-state index in [1.807, 2.05) is 0 Å². The summed E-state index contributed by atoms with van der Waals surface area (Å²) in [5.74, 6) is 0. The van der Waals surface area contributed by atoms with Gasteiger partial charge in [-0.2, -0.15) is 0 Å². The first-order chi connectivity index (χ1) is 9.74. The van der Waals surface area contributed by atoms with Gasteiger partial charge in [0.2, 0.25) is 0 Å². The van der Waals surface area contributed by atoms with E-state index in [0.29, 0.717) is 5.22 Å². The Labute approximate surface area is 142 Å². The molecule has 0 atom stereocenters. The molecule has 0 bridgehead atoms. The van der Waals surface area contributed by atoms with Crippen LogP contribution in [-0.2, 0) is 0 Å². The van der Waals surface area contributed by atoms with Gasteiger partial charge in [0, 0.05) is 11.4 Å². The van der Waals surface area contributed by atoms with Gasteiger partial charge in [-0.1, -0.05) is 58.9 Å². The Balaban J connectivity index is 2.97. The normalized spacial score (nSPS) is 13.9. The van der Waals surface area contributed by atoms with Crippen LogP contribution in [0.5, 0.6) is 0 Å². The Morgan fingerprint density at radius 3 is 1.73 bits per heavy atom. The second-order valence-electron chi connectivity index (χ2n) is 9.23. The lowest BCUT2D eigenvalue weighted by molar-refractivity contribution is 0.622. The van der Waals surface area contributed by atoms with Crippen molar-refractivity contribution in [1.82, 2.24) is 4.98 Å². The molecule has 22 heavy (non-hydrogen) atoms. The third-order valence-electron chi connectivity index (χ3n) is 3.97. The summed E-state index contributed by atoms with van der Waals surface area (Å²) >= 11 is 6.50. The number of pyridine rings is 1. The molecule has 0 unspecified atom stereocenters. The molecule has 0 saturated carbocycles. The minimum absolute atomic E-state index is 0.564. The number of rotatable bonds is 3. The van der Waals surface area contributed by atoms with Crippen LogP contribution in [-0.4, -0.2) is 29.2 Å². The van der Waals surface area contributed by atoms with Gasteiger partial charge in [0.15, 0.2) is 10.8 Å². The lowest BCUT2D eigenvalue weighted by Gasteiger charge is -2.27. The van der Waals surface area contributed by atoms with Gasteiger partial charge in [-0.05, 0) is 22.0 Å². The van der Waals surface area contributed by atoms with Gasteiger partial charge in [-0.3, -0.25) is 4.98 Å². The fraction of sp³-hybridized carbons (Fsp3) is 0.562. The van der Waals surface area contributed by atoms with Gasteiger partial charge in [-0.15, -0.1) is 0 Å². The van der Waals surface area contributed by atoms with Crippen LogP contribution in [0.1, 0.15) is 0 Å². The monoisotopic (exact) mass is 369 g/mol. The van der Waals surface area contributed by atoms with Crippen LogP contribution in [0.2, 0.25) is 64.1 Å². The van der Waals surface area contributed by atoms with Gasteiger partial charge < -0.3 is 4.42 Å². The third-order valence-corrected chi connectivity index (χ3v) is 10.6. The molecule has 0 aliphatic rings. The first-order valence-electron chi connectivity index (χ1n) is 7.87.